The maximum Gasteiger partial charge on any atom is 0.180 e. The van der Waals surface area contributed by atoms with Crippen LogP contribution in [0.15, 0.2) is 41.3 Å². The van der Waals surface area contributed by atoms with Crippen molar-refractivity contribution in [3.05, 3.63) is 53.7 Å². The number of hydrogen-bond donors (Lipinski definition) is 1. The van der Waals surface area contributed by atoms with Crippen molar-refractivity contribution in [3.8, 4) is 0 Å². The van der Waals surface area contributed by atoms with Crippen molar-refractivity contribution in [1.29, 1.82) is 0 Å². The Bertz CT molecular complexity index is 434. The van der Waals surface area contributed by atoms with E-state index in [9.17, 15) is 0 Å². The van der Waals surface area contributed by atoms with E-state index in [-0.39, 0.29) is 0 Å². The third-order valence-corrected chi connectivity index (χ3v) is 2.95. The lowest BCUT2D eigenvalue weighted by molar-refractivity contribution is 0.458. The molecule has 1 aromatic heterocycles. The molecule has 0 aliphatic carbocycles. The Kier molecular flexibility index (Phi) is 3.94. The van der Waals surface area contributed by atoms with E-state index in [1.54, 1.807) is 6.20 Å². The molecular formula is C14H18N2O. The minimum Gasteiger partial charge on any atom is -0.447 e. The van der Waals surface area contributed by atoms with Crippen LogP contribution in [-0.4, -0.2) is 4.98 Å². The van der Waals surface area contributed by atoms with Gasteiger partial charge in [0.2, 0.25) is 0 Å². The summed E-state index contributed by atoms with van der Waals surface area (Å²) in [5.41, 5.74) is 2.66. The van der Waals surface area contributed by atoms with Gasteiger partial charge < -0.3 is 9.73 Å². The van der Waals surface area contributed by atoms with Crippen LogP contribution in [0.3, 0.4) is 0 Å². The summed E-state index contributed by atoms with van der Waals surface area (Å²) in [6.07, 6.45) is 4.28. The average molecular weight is 230 g/mol. The fourth-order valence-corrected chi connectivity index (χ4v) is 1.74. The van der Waals surface area contributed by atoms with Crippen molar-refractivity contribution in [3.63, 3.8) is 0 Å². The highest BCUT2D eigenvalue weighted by atomic mass is 16.3. The summed E-state index contributed by atoms with van der Waals surface area (Å²) in [5.74, 6) is 0.863. The Labute approximate surface area is 102 Å². The molecule has 1 heterocycles. The first kappa shape index (κ1) is 11.9. The van der Waals surface area contributed by atoms with Gasteiger partial charge in [-0.1, -0.05) is 31.2 Å². The molecule has 3 heteroatoms. The molecule has 0 aliphatic rings. The highest BCUT2D eigenvalue weighted by molar-refractivity contribution is 5.24. The lowest BCUT2D eigenvalue weighted by Crippen LogP contribution is -2.17. The van der Waals surface area contributed by atoms with Crippen molar-refractivity contribution in [2.45, 2.75) is 32.9 Å². The summed E-state index contributed by atoms with van der Waals surface area (Å²) in [5, 5.41) is 3.41. The van der Waals surface area contributed by atoms with Crippen LogP contribution in [0.2, 0.25) is 0 Å². The van der Waals surface area contributed by atoms with Crippen molar-refractivity contribution >= 4 is 0 Å². The largest absolute Gasteiger partial charge is 0.447 e. The molecule has 1 atom stereocenters. The van der Waals surface area contributed by atoms with Crippen molar-refractivity contribution < 1.29 is 4.42 Å². The molecule has 90 valence electrons. The molecule has 0 bridgehead atoms. The molecule has 2 rings (SSSR count). The van der Waals surface area contributed by atoms with Gasteiger partial charge in [-0.2, -0.15) is 0 Å². The second kappa shape index (κ2) is 5.64. The number of benzene rings is 1. The fourth-order valence-electron chi connectivity index (χ4n) is 1.74. The third kappa shape index (κ3) is 3.17. The number of rotatable bonds is 5. The Morgan fingerprint density at radius 1 is 1.29 bits per heavy atom. The van der Waals surface area contributed by atoms with Gasteiger partial charge in [-0.15, -0.1) is 0 Å². The van der Waals surface area contributed by atoms with Crippen molar-refractivity contribution in [1.82, 2.24) is 10.3 Å². The molecule has 1 unspecified atom stereocenters. The topological polar surface area (TPSA) is 38.1 Å². The molecule has 0 saturated carbocycles. The van der Waals surface area contributed by atoms with Gasteiger partial charge in [-0.05, 0) is 24.5 Å². The number of oxazole rings is 1. The number of nitrogens with one attached hydrogen (secondary N) is 1. The van der Waals surface area contributed by atoms with E-state index in [1.807, 2.05) is 0 Å². The van der Waals surface area contributed by atoms with Gasteiger partial charge in [-0.3, -0.25) is 0 Å². The van der Waals surface area contributed by atoms with Crippen molar-refractivity contribution in [2.75, 3.05) is 0 Å². The smallest absolute Gasteiger partial charge is 0.180 e. The maximum atomic E-state index is 5.18. The molecule has 0 spiro atoms. The molecule has 17 heavy (non-hydrogen) atoms. The van der Waals surface area contributed by atoms with Gasteiger partial charge in [-0.25, -0.2) is 4.98 Å². The molecule has 0 aliphatic heterocycles. The molecular weight excluding hydrogens is 212 g/mol. The summed E-state index contributed by atoms with van der Waals surface area (Å²) in [7, 11) is 0. The second-order valence-corrected chi connectivity index (χ2v) is 4.17. The van der Waals surface area contributed by atoms with Gasteiger partial charge in [0.15, 0.2) is 6.39 Å². The Morgan fingerprint density at radius 2 is 2.06 bits per heavy atom. The van der Waals surface area contributed by atoms with Crippen LogP contribution in [0.4, 0.5) is 0 Å². The predicted octanol–water partition coefficient (Wildman–Crippen LogP) is 3.09. The first-order chi connectivity index (χ1) is 8.29. The quantitative estimate of drug-likeness (QED) is 0.857. The molecule has 0 fully saturated rings. The zero-order valence-corrected chi connectivity index (χ0v) is 10.3. The van der Waals surface area contributed by atoms with Crippen LogP contribution >= 0.6 is 0 Å². The average Bonchev–Trinajstić information content (AvgIpc) is 2.89. The van der Waals surface area contributed by atoms with E-state index in [1.165, 1.54) is 17.5 Å². The highest BCUT2D eigenvalue weighted by Gasteiger charge is 2.05. The van der Waals surface area contributed by atoms with Crippen LogP contribution in [-0.2, 0) is 13.0 Å². The zero-order chi connectivity index (χ0) is 12.1. The highest BCUT2D eigenvalue weighted by Crippen LogP contribution is 2.14. The Morgan fingerprint density at radius 3 is 2.65 bits per heavy atom. The fraction of sp³-hybridized carbons (Fsp3) is 0.357. The number of nitrogens with zero attached hydrogens (tertiary/aromatic N) is 1. The molecule has 1 aromatic carbocycles. The molecule has 2 aromatic rings. The van der Waals surface area contributed by atoms with E-state index < -0.39 is 0 Å². The van der Waals surface area contributed by atoms with Crippen LogP contribution in [0.1, 0.15) is 36.8 Å². The molecule has 0 saturated heterocycles. The minimum absolute atomic E-state index is 0.311. The number of aryl methyl sites for hydroxylation is 1. The summed E-state index contributed by atoms with van der Waals surface area (Å²) in [6, 6.07) is 9.03. The summed E-state index contributed by atoms with van der Waals surface area (Å²) in [4.78, 5) is 3.89. The second-order valence-electron chi connectivity index (χ2n) is 4.17. The Balaban J connectivity index is 1.92. The summed E-state index contributed by atoms with van der Waals surface area (Å²) >= 11 is 0. The van der Waals surface area contributed by atoms with Gasteiger partial charge >= 0.3 is 0 Å². The van der Waals surface area contributed by atoms with Gasteiger partial charge in [0.1, 0.15) is 5.76 Å². The lowest BCUT2D eigenvalue weighted by atomic mass is 10.1. The van der Waals surface area contributed by atoms with Crippen molar-refractivity contribution in [2.24, 2.45) is 0 Å². The third-order valence-electron chi connectivity index (χ3n) is 2.95. The van der Waals surface area contributed by atoms with Crippen LogP contribution in [0.25, 0.3) is 0 Å². The van der Waals surface area contributed by atoms with Gasteiger partial charge in [0, 0.05) is 6.04 Å². The minimum atomic E-state index is 0.311. The van der Waals surface area contributed by atoms with Crippen LogP contribution < -0.4 is 5.32 Å². The number of aromatic nitrogens is 1. The summed E-state index contributed by atoms with van der Waals surface area (Å²) < 4.78 is 5.18. The molecule has 0 amide bonds. The lowest BCUT2D eigenvalue weighted by Gasteiger charge is -2.13. The van der Waals surface area contributed by atoms with E-state index in [4.69, 9.17) is 4.42 Å². The van der Waals surface area contributed by atoms with Gasteiger partial charge in [0.25, 0.3) is 0 Å². The van der Waals surface area contributed by atoms with Crippen LogP contribution in [0, 0.1) is 0 Å². The number of hydrogen-bond acceptors (Lipinski definition) is 3. The van der Waals surface area contributed by atoms with E-state index in [0.717, 1.165) is 12.2 Å². The first-order valence-corrected chi connectivity index (χ1v) is 5.99. The Hall–Kier alpha value is -1.61. The van der Waals surface area contributed by atoms with E-state index >= 15 is 0 Å². The maximum absolute atomic E-state index is 5.18. The monoisotopic (exact) mass is 230 g/mol. The molecule has 0 radical (unpaired) electrons. The first-order valence-electron chi connectivity index (χ1n) is 5.99. The molecule has 1 N–H and O–H groups in total. The summed E-state index contributed by atoms with van der Waals surface area (Å²) in [6.45, 7) is 5.02. The predicted molar refractivity (Wildman–Crippen MR) is 67.6 cm³/mol. The zero-order valence-electron chi connectivity index (χ0n) is 10.3. The van der Waals surface area contributed by atoms with Crippen LogP contribution in [0.5, 0.6) is 0 Å². The normalized spacial score (nSPS) is 12.6. The van der Waals surface area contributed by atoms with E-state index in [2.05, 4.69) is 48.4 Å². The molecule has 3 nitrogen and oxygen atoms in total. The standard InChI is InChI=1S/C14H18N2O/c1-3-12-4-6-13(7-5-12)11(2)16-9-14-8-15-10-17-14/h4-8,10-11,16H,3,9H2,1-2H3. The SMILES string of the molecule is CCc1ccc(C(C)NCc2cnco2)cc1. The van der Waals surface area contributed by atoms with E-state index in [0.29, 0.717) is 12.6 Å². The van der Waals surface area contributed by atoms with Gasteiger partial charge in [0.05, 0.1) is 12.7 Å².